The van der Waals surface area contributed by atoms with Crippen molar-refractivity contribution in [1.29, 1.82) is 0 Å². The van der Waals surface area contributed by atoms with Gasteiger partial charge in [-0.3, -0.25) is 4.68 Å². The highest BCUT2D eigenvalue weighted by Crippen LogP contribution is 2.28. The number of rotatable bonds is 8. The predicted octanol–water partition coefficient (Wildman–Crippen LogP) is 3.32. The molecule has 0 fully saturated rings. The fourth-order valence-electron chi connectivity index (χ4n) is 1.72. The first-order chi connectivity index (χ1) is 8.89. The molecule has 0 aromatic carbocycles. The van der Waals surface area contributed by atoms with Crippen LogP contribution in [0.15, 0.2) is 12.4 Å². The van der Waals surface area contributed by atoms with E-state index in [0.29, 0.717) is 12.5 Å². The van der Waals surface area contributed by atoms with Crippen LogP contribution in [-0.2, 0) is 12.7 Å². The third-order valence-corrected chi connectivity index (χ3v) is 2.75. The minimum Gasteiger partial charge on any atom is -0.316 e. The highest BCUT2D eigenvalue weighted by Gasteiger charge is 2.31. The summed E-state index contributed by atoms with van der Waals surface area (Å²) in [5.41, 5.74) is -0.675. The first-order valence-electron chi connectivity index (χ1n) is 6.70. The lowest BCUT2D eigenvalue weighted by atomic mass is 10.2. The van der Waals surface area contributed by atoms with Crippen molar-refractivity contribution in [3.05, 3.63) is 18.0 Å². The summed E-state index contributed by atoms with van der Waals surface area (Å²) < 4.78 is 38.4. The van der Waals surface area contributed by atoms with E-state index in [1.165, 1.54) is 4.68 Å². The van der Waals surface area contributed by atoms with Crippen LogP contribution in [0.3, 0.4) is 0 Å². The second kappa shape index (κ2) is 7.53. The number of aryl methyl sites for hydroxylation is 1. The van der Waals surface area contributed by atoms with Crippen LogP contribution in [0.2, 0.25) is 0 Å². The van der Waals surface area contributed by atoms with E-state index >= 15 is 0 Å². The predicted molar refractivity (Wildman–Crippen MR) is 68.8 cm³/mol. The van der Waals surface area contributed by atoms with Crippen LogP contribution in [0.1, 0.15) is 38.7 Å². The van der Waals surface area contributed by atoms with Gasteiger partial charge in [0.15, 0.2) is 0 Å². The van der Waals surface area contributed by atoms with Crippen molar-refractivity contribution in [2.75, 3.05) is 13.1 Å². The Kier molecular flexibility index (Phi) is 6.34. The van der Waals surface area contributed by atoms with E-state index in [1.807, 2.05) is 0 Å². The molecule has 1 rings (SSSR count). The normalized spacial score (nSPS) is 12.3. The van der Waals surface area contributed by atoms with Crippen LogP contribution >= 0.6 is 0 Å². The fourth-order valence-corrected chi connectivity index (χ4v) is 1.72. The van der Waals surface area contributed by atoms with Crippen molar-refractivity contribution in [2.24, 2.45) is 5.92 Å². The van der Waals surface area contributed by atoms with Crippen LogP contribution in [0, 0.1) is 5.92 Å². The lowest BCUT2D eigenvalue weighted by molar-refractivity contribution is -0.137. The molecule has 1 aromatic heterocycles. The molecule has 1 heterocycles. The van der Waals surface area contributed by atoms with Gasteiger partial charge in [-0.1, -0.05) is 20.3 Å². The Hall–Kier alpha value is -1.04. The monoisotopic (exact) mass is 277 g/mol. The topological polar surface area (TPSA) is 29.9 Å². The summed E-state index contributed by atoms with van der Waals surface area (Å²) in [7, 11) is 0. The number of nitrogens with one attached hydrogen (secondary N) is 1. The third-order valence-electron chi connectivity index (χ3n) is 2.75. The van der Waals surface area contributed by atoms with Gasteiger partial charge in [-0.05, 0) is 31.8 Å². The molecule has 0 aliphatic heterocycles. The molecule has 0 spiro atoms. The average molecular weight is 277 g/mol. The van der Waals surface area contributed by atoms with Gasteiger partial charge >= 0.3 is 6.18 Å². The van der Waals surface area contributed by atoms with Gasteiger partial charge in [-0.25, -0.2) is 0 Å². The lowest BCUT2D eigenvalue weighted by Gasteiger charge is -2.07. The van der Waals surface area contributed by atoms with Gasteiger partial charge < -0.3 is 5.32 Å². The zero-order valence-corrected chi connectivity index (χ0v) is 11.5. The SMILES string of the molecule is CC(C)CNCCCCCn1cc(C(F)(F)F)cn1. The fraction of sp³-hybridized carbons (Fsp3) is 0.769. The number of hydrogen-bond donors (Lipinski definition) is 1. The lowest BCUT2D eigenvalue weighted by Crippen LogP contribution is -2.20. The highest BCUT2D eigenvalue weighted by molar-refractivity contribution is 5.08. The Labute approximate surface area is 112 Å². The molecule has 0 aliphatic carbocycles. The molecule has 0 aliphatic rings. The van der Waals surface area contributed by atoms with Crippen molar-refractivity contribution in [3.8, 4) is 0 Å². The quantitative estimate of drug-likeness (QED) is 0.739. The maximum atomic E-state index is 12.3. The molecule has 0 saturated heterocycles. The number of aromatic nitrogens is 2. The van der Waals surface area contributed by atoms with Crippen molar-refractivity contribution in [3.63, 3.8) is 0 Å². The van der Waals surface area contributed by atoms with E-state index in [1.54, 1.807) is 0 Å². The smallest absolute Gasteiger partial charge is 0.316 e. The van der Waals surface area contributed by atoms with Crippen LogP contribution in [0.25, 0.3) is 0 Å². The molecular weight excluding hydrogens is 255 g/mol. The van der Waals surface area contributed by atoms with Gasteiger partial charge in [0.25, 0.3) is 0 Å². The molecular formula is C13H22F3N3. The minimum atomic E-state index is -4.29. The molecule has 19 heavy (non-hydrogen) atoms. The van der Waals surface area contributed by atoms with Crippen LogP contribution in [0.4, 0.5) is 13.2 Å². The van der Waals surface area contributed by atoms with Crippen molar-refractivity contribution < 1.29 is 13.2 Å². The Morgan fingerprint density at radius 1 is 1.26 bits per heavy atom. The van der Waals surface area contributed by atoms with Gasteiger partial charge in [0.05, 0.1) is 11.8 Å². The summed E-state index contributed by atoms with van der Waals surface area (Å²) in [5.74, 6) is 0.643. The average Bonchev–Trinajstić information content (AvgIpc) is 2.75. The summed E-state index contributed by atoms with van der Waals surface area (Å²) in [4.78, 5) is 0. The standard InChI is InChI=1S/C13H22F3N3/c1-11(2)8-17-6-4-3-5-7-19-10-12(9-18-19)13(14,15)16/h9-11,17H,3-8H2,1-2H3. The molecule has 110 valence electrons. The molecule has 0 atom stereocenters. The van der Waals surface area contributed by atoms with Crippen LogP contribution in [0.5, 0.6) is 0 Å². The zero-order chi connectivity index (χ0) is 14.3. The van der Waals surface area contributed by atoms with E-state index < -0.39 is 11.7 Å². The van der Waals surface area contributed by atoms with Gasteiger partial charge in [-0.2, -0.15) is 18.3 Å². The molecule has 0 bridgehead atoms. The first-order valence-corrected chi connectivity index (χ1v) is 6.70. The third kappa shape index (κ3) is 6.61. The van der Waals surface area contributed by atoms with Crippen molar-refractivity contribution >= 4 is 0 Å². The second-order valence-corrected chi connectivity index (χ2v) is 5.15. The van der Waals surface area contributed by atoms with Crippen LogP contribution in [-0.4, -0.2) is 22.9 Å². The van der Waals surface area contributed by atoms with E-state index in [-0.39, 0.29) is 0 Å². The Balaban J connectivity index is 2.11. The molecule has 0 amide bonds. The van der Waals surface area contributed by atoms with Gasteiger partial charge in [-0.15, -0.1) is 0 Å². The summed E-state index contributed by atoms with van der Waals surface area (Å²) in [6.07, 6.45) is 0.537. The Morgan fingerprint density at radius 2 is 2.00 bits per heavy atom. The van der Waals surface area contributed by atoms with E-state index in [2.05, 4.69) is 24.3 Å². The molecule has 3 nitrogen and oxygen atoms in total. The Bertz CT molecular complexity index is 358. The van der Waals surface area contributed by atoms with Crippen molar-refractivity contribution in [1.82, 2.24) is 15.1 Å². The number of hydrogen-bond acceptors (Lipinski definition) is 2. The summed E-state index contributed by atoms with van der Waals surface area (Å²) in [6, 6.07) is 0. The maximum absolute atomic E-state index is 12.3. The largest absolute Gasteiger partial charge is 0.419 e. The summed E-state index contributed by atoms with van der Waals surface area (Å²) in [5, 5.41) is 7.06. The second-order valence-electron chi connectivity index (χ2n) is 5.15. The summed E-state index contributed by atoms with van der Waals surface area (Å²) >= 11 is 0. The van der Waals surface area contributed by atoms with Gasteiger partial charge in [0.1, 0.15) is 0 Å². The molecule has 0 unspecified atom stereocenters. The van der Waals surface area contributed by atoms with E-state index in [0.717, 1.165) is 44.7 Å². The van der Waals surface area contributed by atoms with Gasteiger partial charge in [0.2, 0.25) is 0 Å². The van der Waals surface area contributed by atoms with Crippen molar-refractivity contribution in [2.45, 2.75) is 45.8 Å². The van der Waals surface area contributed by atoms with Crippen LogP contribution < -0.4 is 5.32 Å². The van der Waals surface area contributed by atoms with E-state index in [4.69, 9.17) is 0 Å². The molecule has 1 aromatic rings. The molecule has 0 saturated carbocycles. The molecule has 6 heteroatoms. The van der Waals surface area contributed by atoms with E-state index in [9.17, 15) is 13.2 Å². The number of halogens is 3. The highest BCUT2D eigenvalue weighted by atomic mass is 19.4. The zero-order valence-electron chi connectivity index (χ0n) is 11.5. The minimum absolute atomic E-state index is 0.542. The Morgan fingerprint density at radius 3 is 2.58 bits per heavy atom. The molecule has 0 radical (unpaired) electrons. The number of alkyl halides is 3. The molecule has 1 N–H and O–H groups in total. The van der Waals surface area contributed by atoms with Gasteiger partial charge in [0, 0.05) is 12.7 Å². The number of nitrogens with zero attached hydrogens (tertiary/aromatic N) is 2. The maximum Gasteiger partial charge on any atom is 0.419 e. The first kappa shape index (κ1) is 16.0. The summed E-state index contributed by atoms with van der Waals surface area (Å²) in [6.45, 7) is 6.82. The number of unbranched alkanes of at least 4 members (excludes halogenated alkanes) is 2.